The second kappa shape index (κ2) is 6.33. The van der Waals surface area contributed by atoms with E-state index >= 15 is 0 Å². The first kappa shape index (κ1) is 13.5. The maximum Gasteiger partial charge on any atom is 0.354 e. The Morgan fingerprint density at radius 2 is 1.95 bits per heavy atom. The molecular formula is C14H12N2O4. The fourth-order valence-electron chi connectivity index (χ4n) is 1.49. The Labute approximate surface area is 115 Å². The second-order valence-corrected chi connectivity index (χ2v) is 3.88. The summed E-state index contributed by atoms with van der Waals surface area (Å²) in [4.78, 5) is 26.1. The molecule has 1 aromatic carbocycles. The average Bonchev–Trinajstić information content (AvgIpc) is 2.46. The highest BCUT2D eigenvalue weighted by Crippen LogP contribution is 2.10. The van der Waals surface area contributed by atoms with Crippen LogP contribution < -0.4 is 10.1 Å². The van der Waals surface area contributed by atoms with E-state index in [0.29, 0.717) is 11.4 Å². The molecule has 0 saturated heterocycles. The molecule has 6 heteroatoms. The number of amides is 1. The molecular weight excluding hydrogens is 260 g/mol. The zero-order valence-corrected chi connectivity index (χ0v) is 10.4. The summed E-state index contributed by atoms with van der Waals surface area (Å²) in [5.74, 6) is -0.943. The van der Waals surface area contributed by atoms with E-state index in [1.807, 2.05) is 6.07 Å². The molecule has 0 fully saturated rings. The number of aromatic carboxylic acids is 1. The summed E-state index contributed by atoms with van der Waals surface area (Å²) in [6.07, 6.45) is 1.32. The summed E-state index contributed by atoms with van der Waals surface area (Å²) in [7, 11) is 0. The normalized spacial score (nSPS) is 9.80. The van der Waals surface area contributed by atoms with Crippen molar-refractivity contribution in [1.82, 2.24) is 4.98 Å². The van der Waals surface area contributed by atoms with Crippen molar-refractivity contribution < 1.29 is 19.4 Å². The lowest BCUT2D eigenvalue weighted by Crippen LogP contribution is -2.20. The van der Waals surface area contributed by atoms with Crippen LogP contribution in [0.15, 0.2) is 48.7 Å². The van der Waals surface area contributed by atoms with Gasteiger partial charge in [-0.1, -0.05) is 18.2 Å². The molecule has 0 aliphatic carbocycles. The van der Waals surface area contributed by atoms with Crippen molar-refractivity contribution in [3.05, 3.63) is 54.4 Å². The van der Waals surface area contributed by atoms with E-state index in [1.165, 1.54) is 18.3 Å². The summed E-state index contributed by atoms with van der Waals surface area (Å²) in [5, 5.41) is 11.3. The number of carbonyl (C=O) groups excluding carboxylic acids is 1. The van der Waals surface area contributed by atoms with Crippen LogP contribution in [0.25, 0.3) is 0 Å². The number of carbonyl (C=O) groups is 2. The maximum atomic E-state index is 11.7. The Morgan fingerprint density at radius 3 is 2.65 bits per heavy atom. The van der Waals surface area contributed by atoms with E-state index in [-0.39, 0.29) is 18.2 Å². The van der Waals surface area contributed by atoms with Gasteiger partial charge in [0.1, 0.15) is 11.4 Å². The molecule has 1 amide bonds. The van der Waals surface area contributed by atoms with Crippen LogP contribution in [0.4, 0.5) is 5.69 Å². The van der Waals surface area contributed by atoms with Gasteiger partial charge in [0.15, 0.2) is 6.61 Å². The fraction of sp³-hybridized carbons (Fsp3) is 0.0714. The number of carboxylic acids is 1. The van der Waals surface area contributed by atoms with Crippen molar-refractivity contribution in [3.63, 3.8) is 0 Å². The zero-order chi connectivity index (χ0) is 14.4. The van der Waals surface area contributed by atoms with Gasteiger partial charge in [-0.05, 0) is 24.3 Å². The van der Waals surface area contributed by atoms with E-state index in [1.54, 1.807) is 24.3 Å². The number of para-hydroxylation sites is 1. The van der Waals surface area contributed by atoms with Gasteiger partial charge < -0.3 is 15.2 Å². The minimum Gasteiger partial charge on any atom is -0.484 e. The van der Waals surface area contributed by atoms with Gasteiger partial charge in [0.2, 0.25) is 0 Å². The van der Waals surface area contributed by atoms with Crippen LogP contribution in [-0.2, 0) is 4.79 Å². The molecule has 0 atom stereocenters. The van der Waals surface area contributed by atoms with E-state index in [4.69, 9.17) is 9.84 Å². The highest BCUT2D eigenvalue weighted by molar-refractivity contribution is 5.93. The first-order valence-electron chi connectivity index (χ1n) is 5.82. The van der Waals surface area contributed by atoms with Gasteiger partial charge in [-0.3, -0.25) is 4.79 Å². The van der Waals surface area contributed by atoms with Gasteiger partial charge in [-0.25, -0.2) is 9.78 Å². The molecule has 0 aliphatic rings. The minimum absolute atomic E-state index is 0.133. The van der Waals surface area contributed by atoms with Crippen molar-refractivity contribution in [1.29, 1.82) is 0 Å². The third-order valence-corrected chi connectivity index (χ3v) is 2.38. The summed E-state index contributed by atoms with van der Waals surface area (Å²) in [6.45, 7) is -0.158. The summed E-state index contributed by atoms with van der Waals surface area (Å²) >= 11 is 0. The number of aromatic nitrogens is 1. The van der Waals surface area contributed by atoms with Crippen molar-refractivity contribution in [2.45, 2.75) is 0 Å². The number of nitrogens with one attached hydrogen (secondary N) is 1. The number of nitrogens with zero attached hydrogens (tertiary/aromatic N) is 1. The third kappa shape index (κ3) is 3.81. The van der Waals surface area contributed by atoms with Crippen LogP contribution in [0.2, 0.25) is 0 Å². The van der Waals surface area contributed by atoms with Crippen LogP contribution in [0.1, 0.15) is 10.5 Å². The minimum atomic E-state index is -1.15. The van der Waals surface area contributed by atoms with Crippen LogP contribution in [-0.4, -0.2) is 28.6 Å². The van der Waals surface area contributed by atoms with Gasteiger partial charge >= 0.3 is 5.97 Å². The molecule has 0 spiro atoms. The average molecular weight is 272 g/mol. The number of hydrogen-bond donors (Lipinski definition) is 2. The van der Waals surface area contributed by atoms with E-state index in [2.05, 4.69) is 10.3 Å². The van der Waals surface area contributed by atoms with Gasteiger partial charge in [0.05, 0.1) is 0 Å². The first-order chi connectivity index (χ1) is 9.65. The molecule has 2 N–H and O–H groups in total. The molecule has 102 valence electrons. The van der Waals surface area contributed by atoms with Crippen molar-refractivity contribution in [2.75, 3.05) is 11.9 Å². The maximum absolute atomic E-state index is 11.7. The lowest BCUT2D eigenvalue weighted by molar-refractivity contribution is -0.118. The Morgan fingerprint density at radius 1 is 1.20 bits per heavy atom. The number of pyridine rings is 1. The lowest BCUT2D eigenvalue weighted by atomic mass is 10.3. The lowest BCUT2D eigenvalue weighted by Gasteiger charge is -2.07. The molecule has 20 heavy (non-hydrogen) atoms. The molecule has 0 radical (unpaired) electrons. The van der Waals surface area contributed by atoms with Crippen molar-refractivity contribution in [3.8, 4) is 5.75 Å². The molecule has 2 rings (SSSR count). The topological polar surface area (TPSA) is 88.5 Å². The zero-order valence-electron chi connectivity index (χ0n) is 10.4. The van der Waals surface area contributed by atoms with Crippen molar-refractivity contribution in [2.24, 2.45) is 0 Å². The highest BCUT2D eigenvalue weighted by Gasteiger charge is 2.08. The number of benzene rings is 1. The fourth-order valence-corrected chi connectivity index (χ4v) is 1.49. The third-order valence-electron chi connectivity index (χ3n) is 2.38. The Kier molecular flexibility index (Phi) is 4.28. The van der Waals surface area contributed by atoms with E-state index in [9.17, 15) is 9.59 Å². The van der Waals surface area contributed by atoms with Crippen LogP contribution in [0, 0.1) is 0 Å². The molecule has 6 nitrogen and oxygen atoms in total. The predicted octanol–water partition coefficient (Wildman–Crippen LogP) is 1.80. The van der Waals surface area contributed by atoms with Gasteiger partial charge in [0, 0.05) is 11.9 Å². The second-order valence-electron chi connectivity index (χ2n) is 3.88. The van der Waals surface area contributed by atoms with E-state index < -0.39 is 5.97 Å². The standard InChI is InChI=1S/C14H12N2O4/c17-13(9-20-11-4-2-1-3-5-11)16-10-6-7-15-12(8-10)14(18)19/h1-8H,9H2,(H,18,19)(H,15,16,17). The largest absolute Gasteiger partial charge is 0.484 e. The molecule has 0 saturated carbocycles. The monoisotopic (exact) mass is 272 g/mol. The predicted molar refractivity (Wildman–Crippen MR) is 71.8 cm³/mol. The molecule has 2 aromatic rings. The summed E-state index contributed by atoms with van der Waals surface area (Å²) in [5.41, 5.74) is 0.228. The smallest absolute Gasteiger partial charge is 0.354 e. The SMILES string of the molecule is O=C(COc1ccccc1)Nc1ccnc(C(=O)O)c1. The van der Waals surface area contributed by atoms with Gasteiger partial charge in [-0.2, -0.15) is 0 Å². The van der Waals surface area contributed by atoms with Crippen molar-refractivity contribution >= 4 is 17.6 Å². The van der Waals surface area contributed by atoms with Gasteiger partial charge in [-0.15, -0.1) is 0 Å². The Bertz CT molecular complexity index is 614. The van der Waals surface area contributed by atoms with Gasteiger partial charge in [0.25, 0.3) is 5.91 Å². The molecule has 0 unspecified atom stereocenters. The number of carboxylic acid groups (broad SMARTS) is 1. The van der Waals surface area contributed by atoms with Crippen LogP contribution in [0.3, 0.4) is 0 Å². The summed E-state index contributed by atoms with van der Waals surface area (Å²) < 4.78 is 5.27. The highest BCUT2D eigenvalue weighted by atomic mass is 16.5. The molecule has 0 aliphatic heterocycles. The number of anilines is 1. The number of hydrogen-bond acceptors (Lipinski definition) is 4. The number of ether oxygens (including phenoxy) is 1. The van der Waals surface area contributed by atoms with E-state index in [0.717, 1.165) is 0 Å². The molecule has 1 aromatic heterocycles. The quantitative estimate of drug-likeness (QED) is 0.866. The Hall–Kier alpha value is -2.89. The first-order valence-corrected chi connectivity index (χ1v) is 5.82. The van der Waals surface area contributed by atoms with Crippen LogP contribution in [0.5, 0.6) is 5.75 Å². The number of rotatable bonds is 5. The Balaban J connectivity index is 1.91. The summed E-state index contributed by atoms with van der Waals surface area (Å²) in [6, 6.07) is 11.7. The molecule has 1 heterocycles. The van der Waals surface area contributed by atoms with Crippen LogP contribution >= 0.6 is 0 Å². The molecule has 0 bridgehead atoms.